The van der Waals surface area contributed by atoms with Crippen LogP contribution in [0.1, 0.15) is 5.69 Å². The first kappa shape index (κ1) is 4.55. The van der Waals surface area contributed by atoms with Crippen LogP contribution in [-0.4, -0.2) is 19.8 Å². The van der Waals surface area contributed by atoms with Gasteiger partial charge in [-0.2, -0.15) is 0 Å². The summed E-state index contributed by atoms with van der Waals surface area (Å²) in [7, 11) is 0. The van der Waals surface area contributed by atoms with Crippen LogP contribution in [0.5, 0.6) is 0 Å². The molecule has 4 nitrogen and oxygen atoms in total. The van der Waals surface area contributed by atoms with Crippen LogP contribution in [0.4, 0.5) is 0 Å². The van der Waals surface area contributed by atoms with Crippen LogP contribution in [-0.2, 0) is 0 Å². The average Bonchev–Trinajstić information content (AvgIpc) is 1.78. The standard InChI is InChI=1S/C5H6N4/c1-4-2-3-9-5(6-4)7-8-9/h2-3,8H,1H3. The molecule has 0 saturated carbocycles. The molecule has 0 saturated heterocycles. The van der Waals surface area contributed by atoms with Gasteiger partial charge in [0.15, 0.2) is 0 Å². The number of nitrogens with one attached hydrogen (secondary N) is 1. The molecule has 4 heteroatoms. The Hall–Kier alpha value is -1.32. The lowest BCUT2D eigenvalue weighted by molar-refractivity contribution is 0.706. The molecule has 0 aliphatic heterocycles. The fourth-order valence-corrected chi connectivity index (χ4v) is 0.709. The Morgan fingerprint density at radius 3 is 3.00 bits per heavy atom. The first-order valence-corrected chi connectivity index (χ1v) is 2.72. The van der Waals surface area contributed by atoms with Crippen LogP contribution in [0.15, 0.2) is 12.3 Å². The summed E-state index contributed by atoms with van der Waals surface area (Å²) >= 11 is 0. The maximum Gasteiger partial charge on any atom is 0.268 e. The number of aromatic nitrogens is 4. The second-order valence-electron chi connectivity index (χ2n) is 1.95. The Labute approximate surface area is 51.5 Å². The zero-order chi connectivity index (χ0) is 6.27. The van der Waals surface area contributed by atoms with Crippen LogP contribution in [0.25, 0.3) is 5.78 Å². The lowest BCUT2D eigenvalue weighted by Crippen LogP contribution is -2.07. The minimum absolute atomic E-state index is 0.745. The molecular weight excluding hydrogens is 116 g/mol. The summed E-state index contributed by atoms with van der Waals surface area (Å²) in [4.78, 5) is 4.09. The zero-order valence-corrected chi connectivity index (χ0v) is 5.00. The molecule has 0 atom stereocenters. The quantitative estimate of drug-likeness (QED) is 0.548. The molecule has 2 aromatic heterocycles. The highest BCUT2D eigenvalue weighted by Gasteiger charge is 1.94. The topological polar surface area (TPSA) is 46.0 Å². The van der Waals surface area contributed by atoms with Gasteiger partial charge in [0.2, 0.25) is 0 Å². The maximum absolute atomic E-state index is 4.09. The summed E-state index contributed by atoms with van der Waals surface area (Å²) in [6, 6.07) is 1.92. The first-order chi connectivity index (χ1) is 4.36. The normalized spacial score (nSPS) is 10.8. The lowest BCUT2D eigenvalue weighted by atomic mass is 10.5. The van der Waals surface area contributed by atoms with Crippen molar-refractivity contribution in [3.05, 3.63) is 18.0 Å². The molecule has 0 spiro atoms. The van der Waals surface area contributed by atoms with Gasteiger partial charge >= 0.3 is 0 Å². The fourth-order valence-electron chi connectivity index (χ4n) is 0.709. The van der Waals surface area contributed by atoms with E-state index in [0.717, 1.165) is 11.5 Å². The van der Waals surface area contributed by atoms with Gasteiger partial charge in [0.1, 0.15) is 0 Å². The van der Waals surface area contributed by atoms with E-state index in [1.54, 1.807) is 4.52 Å². The Bertz CT molecular complexity index is 318. The number of hydrogen-bond donors (Lipinski definition) is 1. The van der Waals surface area contributed by atoms with Crippen LogP contribution >= 0.6 is 0 Å². The van der Waals surface area contributed by atoms with Gasteiger partial charge in [-0.05, 0) is 13.0 Å². The third-order valence-electron chi connectivity index (χ3n) is 1.21. The molecule has 46 valence electrons. The predicted octanol–water partition coefficient (Wildman–Crippen LogP) is 0.366. The molecule has 0 amide bonds. The maximum atomic E-state index is 4.09. The molecule has 0 radical (unpaired) electrons. The molecule has 1 N–H and O–H groups in total. The molecule has 0 aliphatic carbocycles. The zero-order valence-electron chi connectivity index (χ0n) is 5.00. The minimum Gasteiger partial charge on any atom is -0.215 e. The van der Waals surface area contributed by atoms with Crippen molar-refractivity contribution in [3.8, 4) is 0 Å². The second-order valence-corrected chi connectivity index (χ2v) is 1.95. The molecule has 0 fully saturated rings. The second kappa shape index (κ2) is 1.34. The van der Waals surface area contributed by atoms with Crippen molar-refractivity contribution in [2.24, 2.45) is 0 Å². The van der Waals surface area contributed by atoms with Crippen LogP contribution in [0, 0.1) is 6.92 Å². The van der Waals surface area contributed by atoms with Gasteiger partial charge in [-0.25, -0.2) is 14.7 Å². The smallest absolute Gasteiger partial charge is 0.215 e. The van der Waals surface area contributed by atoms with Crippen molar-refractivity contribution in [3.63, 3.8) is 0 Å². The number of aromatic amines is 1. The van der Waals surface area contributed by atoms with Gasteiger partial charge in [-0.15, -0.1) is 5.10 Å². The van der Waals surface area contributed by atoms with E-state index in [4.69, 9.17) is 0 Å². The molecule has 0 bridgehead atoms. The lowest BCUT2D eigenvalue weighted by Gasteiger charge is -2.01. The Balaban J connectivity index is 2.78. The number of fused-ring (bicyclic) bond motifs is 1. The van der Waals surface area contributed by atoms with Crippen LogP contribution in [0.2, 0.25) is 0 Å². The van der Waals surface area contributed by atoms with Crippen molar-refractivity contribution in [1.82, 2.24) is 19.8 Å². The van der Waals surface area contributed by atoms with E-state index in [1.807, 2.05) is 19.2 Å². The van der Waals surface area contributed by atoms with Gasteiger partial charge in [-0.1, -0.05) is 0 Å². The molecule has 0 aliphatic rings. The number of H-pyrrole nitrogens is 1. The van der Waals surface area contributed by atoms with E-state index >= 15 is 0 Å². The van der Waals surface area contributed by atoms with E-state index in [2.05, 4.69) is 15.3 Å². The van der Waals surface area contributed by atoms with Gasteiger partial charge in [0.25, 0.3) is 5.78 Å². The van der Waals surface area contributed by atoms with Gasteiger partial charge in [0, 0.05) is 11.9 Å². The largest absolute Gasteiger partial charge is 0.268 e. The average molecular weight is 122 g/mol. The van der Waals surface area contributed by atoms with Crippen molar-refractivity contribution >= 4 is 5.78 Å². The molecule has 9 heavy (non-hydrogen) atoms. The van der Waals surface area contributed by atoms with Gasteiger partial charge in [0.05, 0.1) is 0 Å². The van der Waals surface area contributed by atoms with Gasteiger partial charge in [-0.3, -0.25) is 0 Å². The molecule has 2 aromatic rings. The minimum atomic E-state index is 0.745. The van der Waals surface area contributed by atoms with E-state index in [9.17, 15) is 0 Å². The summed E-state index contributed by atoms with van der Waals surface area (Å²) in [6.07, 6.45) is 1.89. The van der Waals surface area contributed by atoms with Crippen LogP contribution in [0.3, 0.4) is 0 Å². The summed E-state index contributed by atoms with van der Waals surface area (Å²) in [5.74, 6) is 0.745. The van der Waals surface area contributed by atoms with Crippen LogP contribution < -0.4 is 0 Å². The number of aryl methyl sites for hydroxylation is 1. The molecule has 0 unspecified atom stereocenters. The van der Waals surface area contributed by atoms with E-state index < -0.39 is 0 Å². The molecule has 0 aromatic carbocycles. The number of rotatable bonds is 0. The first-order valence-electron chi connectivity index (χ1n) is 2.72. The summed E-state index contributed by atoms with van der Waals surface area (Å²) < 4.78 is 1.76. The van der Waals surface area contributed by atoms with Crippen molar-refractivity contribution in [2.45, 2.75) is 6.92 Å². The summed E-state index contributed by atoms with van der Waals surface area (Å²) in [5.41, 5.74) is 0.992. The Morgan fingerprint density at radius 2 is 2.56 bits per heavy atom. The third kappa shape index (κ3) is 0.526. The van der Waals surface area contributed by atoms with E-state index in [0.29, 0.717) is 0 Å². The monoisotopic (exact) mass is 122 g/mol. The molecular formula is C5H6N4. The number of nitrogens with zero attached hydrogens (tertiary/aromatic N) is 3. The number of hydrogen-bond acceptors (Lipinski definition) is 2. The molecule has 2 rings (SSSR count). The summed E-state index contributed by atoms with van der Waals surface area (Å²) in [5, 5.41) is 6.49. The molecule has 2 heterocycles. The third-order valence-corrected chi connectivity index (χ3v) is 1.21. The van der Waals surface area contributed by atoms with Crippen molar-refractivity contribution in [2.75, 3.05) is 0 Å². The van der Waals surface area contributed by atoms with Gasteiger partial charge < -0.3 is 0 Å². The highest BCUT2D eigenvalue weighted by molar-refractivity contribution is 5.25. The highest BCUT2D eigenvalue weighted by atomic mass is 15.5. The highest BCUT2D eigenvalue weighted by Crippen LogP contribution is 1.95. The van der Waals surface area contributed by atoms with E-state index in [-0.39, 0.29) is 0 Å². The van der Waals surface area contributed by atoms with Crippen molar-refractivity contribution in [1.29, 1.82) is 0 Å². The Kier molecular flexibility index (Phi) is 0.677. The van der Waals surface area contributed by atoms with E-state index in [1.165, 1.54) is 0 Å². The summed E-state index contributed by atoms with van der Waals surface area (Å²) in [6.45, 7) is 1.94. The Morgan fingerprint density at radius 1 is 1.67 bits per heavy atom. The fraction of sp³-hybridized carbons (Fsp3) is 0.200. The predicted molar refractivity (Wildman–Crippen MR) is 32.1 cm³/mol. The van der Waals surface area contributed by atoms with Crippen molar-refractivity contribution < 1.29 is 0 Å². The SMILES string of the molecule is Cc1ccn2[nH]nc2n1.